The van der Waals surface area contributed by atoms with Crippen LogP contribution in [0.25, 0.3) is 0 Å². The second kappa shape index (κ2) is 12.1. The number of aromatic hydroxyl groups is 1. The Labute approximate surface area is 212 Å². The summed E-state index contributed by atoms with van der Waals surface area (Å²) in [5, 5.41) is 23.6. The summed E-state index contributed by atoms with van der Waals surface area (Å²) >= 11 is 0. The molecule has 0 saturated carbocycles. The Kier molecular flexibility index (Phi) is 9.43. The van der Waals surface area contributed by atoms with Gasteiger partial charge in [-0.15, -0.1) is 0 Å². The van der Waals surface area contributed by atoms with Gasteiger partial charge in [-0.25, -0.2) is 9.59 Å². The van der Waals surface area contributed by atoms with Crippen molar-refractivity contribution in [3.63, 3.8) is 0 Å². The third-order valence-corrected chi connectivity index (χ3v) is 6.05. The van der Waals surface area contributed by atoms with Crippen molar-refractivity contribution < 1.29 is 38.7 Å². The van der Waals surface area contributed by atoms with E-state index in [-0.39, 0.29) is 43.4 Å². The summed E-state index contributed by atoms with van der Waals surface area (Å²) in [5.41, 5.74) is 0.105. The Bertz CT molecular complexity index is 870. The summed E-state index contributed by atoms with van der Waals surface area (Å²) in [7, 11) is 0. The number of carbonyl (C=O) groups is 2. The molecule has 0 radical (unpaired) electrons. The van der Waals surface area contributed by atoms with Gasteiger partial charge in [-0.1, -0.05) is 26.0 Å². The molecule has 10 heteroatoms. The van der Waals surface area contributed by atoms with Crippen LogP contribution in [0.3, 0.4) is 0 Å². The van der Waals surface area contributed by atoms with E-state index >= 15 is 0 Å². The van der Waals surface area contributed by atoms with Crippen LogP contribution in [0, 0.1) is 11.8 Å². The number of phenolic OH excluding ortho intramolecular Hbond substituents is 1. The monoisotopic (exact) mass is 508 g/mol. The van der Waals surface area contributed by atoms with Crippen LogP contribution in [0.1, 0.15) is 46.6 Å². The zero-order chi connectivity index (χ0) is 26.5. The number of nitrogens with one attached hydrogen (secondary N) is 1. The molecule has 1 aromatic carbocycles. The Balaban J connectivity index is 1.71. The highest BCUT2D eigenvalue weighted by Crippen LogP contribution is 2.33. The van der Waals surface area contributed by atoms with Gasteiger partial charge in [0, 0.05) is 6.54 Å². The maximum Gasteiger partial charge on any atom is 0.410 e. The molecule has 0 aliphatic carbocycles. The Hall–Kier alpha value is -2.56. The lowest BCUT2D eigenvalue weighted by atomic mass is 10.0. The molecule has 0 aromatic heterocycles. The summed E-state index contributed by atoms with van der Waals surface area (Å²) in [6.45, 7) is 10.5. The van der Waals surface area contributed by atoms with Gasteiger partial charge >= 0.3 is 12.2 Å². The van der Waals surface area contributed by atoms with Gasteiger partial charge in [-0.3, -0.25) is 0 Å². The largest absolute Gasteiger partial charge is 0.508 e. The SMILES string of the molecule is CC(C)CN(C[C@@H](O)[C@H](Cc1ccc(O)cc1)NC(=O)O[C@H]1CO[C@H]2OCC[C@H]21)C(=O)OC(C)(C)C. The topological polar surface area (TPSA) is 127 Å². The van der Waals surface area contributed by atoms with E-state index in [1.807, 2.05) is 13.8 Å². The highest BCUT2D eigenvalue weighted by molar-refractivity contribution is 5.69. The number of hydrogen-bond donors (Lipinski definition) is 3. The smallest absolute Gasteiger partial charge is 0.410 e. The summed E-state index contributed by atoms with van der Waals surface area (Å²) in [6.07, 6.45) is -2.08. The van der Waals surface area contributed by atoms with E-state index in [0.29, 0.717) is 13.2 Å². The summed E-state index contributed by atoms with van der Waals surface area (Å²) < 4.78 is 22.2. The zero-order valence-corrected chi connectivity index (χ0v) is 21.8. The minimum atomic E-state index is -1.11. The number of fused-ring (bicyclic) bond motifs is 1. The molecule has 2 fully saturated rings. The number of aliphatic hydroxyl groups is 1. The fraction of sp³-hybridized carbons (Fsp3) is 0.692. The van der Waals surface area contributed by atoms with E-state index in [0.717, 1.165) is 12.0 Å². The molecular weight excluding hydrogens is 468 g/mol. The number of nitrogens with zero attached hydrogens (tertiary/aromatic N) is 1. The van der Waals surface area contributed by atoms with E-state index in [1.54, 1.807) is 45.0 Å². The zero-order valence-electron chi connectivity index (χ0n) is 21.8. The van der Waals surface area contributed by atoms with E-state index in [4.69, 9.17) is 18.9 Å². The molecule has 2 saturated heterocycles. The van der Waals surface area contributed by atoms with Crippen molar-refractivity contribution in [2.75, 3.05) is 26.3 Å². The van der Waals surface area contributed by atoms with Gasteiger partial charge in [0.15, 0.2) is 6.29 Å². The van der Waals surface area contributed by atoms with Gasteiger partial charge in [0.1, 0.15) is 17.5 Å². The second-order valence-electron chi connectivity index (χ2n) is 10.9. The van der Waals surface area contributed by atoms with Crippen molar-refractivity contribution in [3.8, 4) is 5.75 Å². The lowest BCUT2D eigenvalue weighted by Crippen LogP contribution is -2.52. The summed E-state index contributed by atoms with van der Waals surface area (Å²) in [4.78, 5) is 27.1. The van der Waals surface area contributed by atoms with Crippen molar-refractivity contribution in [3.05, 3.63) is 29.8 Å². The highest BCUT2D eigenvalue weighted by atomic mass is 16.7. The molecule has 36 heavy (non-hydrogen) atoms. The highest BCUT2D eigenvalue weighted by Gasteiger charge is 2.44. The van der Waals surface area contributed by atoms with Gasteiger partial charge in [0.2, 0.25) is 0 Å². The van der Waals surface area contributed by atoms with Crippen LogP contribution in [-0.4, -0.2) is 83.7 Å². The number of ether oxygens (including phenoxy) is 4. The van der Waals surface area contributed by atoms with Crippen LogP contribution in [0.2, 0.25) is 0 Å². The molecular formula is C26H40N2O8. The Morgan fingerprint density at radius 2 is 1.86 bits per heavy atom. The third kappa shape index (κ3) is 8.25. The maximum absolute atomic E-state index is 12.8. The third-order valence-electron chi connectivity index (χ3n) is 6.05. The van der Waals surface area contributed by atoms with Gasteiger partial charge in [-0.05, 0) is 57.2 Å². The quantitative estimate of drug-likeness (QED) is 0.465. The standard InChI is InChI=1S/C26H40N2O8/c1-16(2)13-28(25(32)36-26(3,4)5)14-21(30)20(12-17-6-8-18(29)9-7-17)27-24(31)35-22-15-34-23-19(22)10-11-33-23/h6-9,16,19-23,29-30H,10-15H2,1-5H3,(H,27,31)/t19-,20-,21+,22-,23+/m0/s1. The lowest BCUT2D eigenvalue weighted by Gasteiger charge is -2.32. The van der Waals surface area contributed by atoms with E-state index < -0.39 is 36.0 Å². The average molecular weight is 509 g/mol. The van der Waals surface area contributed by atoms with Crippen molar-refractivity contribution in [1.29, 1.82) is 0 Å². The van der Waals surface area contributed by atoms with Crippen molar-refractivity contribution >= 4 is 12.2 Å². The fourth-order valence-corrected chi connectivity index (χ4v) is 4.38. The molecule has 10 nitrogen and oxygen atoms in total. The van der Waals surface area contributed by atoms with Crippen molar-refractivity contribution in [1.82, 2.24) is 10.2 Å². The molecule has 2 aliphatic heterocycles. The molecule has 2 heterocycles. The molecule has 0 bridgehead atoms. The normalized spacial score (nSPS) is 23.1. The van der Waals surface area contributed by atoms with Crippen molar-refractivity contribution in [2.24, 2.45) is 11.8 Å². The summed E-state index contributed by atoms with van der Waals surface area (Å²) in [6, 6.07) is 5.75. The molecule has 2 aliphatic rings. The van der Waals surface area contributed by atoms with Crippen molar-refractivity contribution in [2.45, 2.75) is 77.6 Å². The molecule has 0 unspecified atom stereocenters. The predicted molar refractivity (Wildman–Crippen MR) is 131 cm³/mol. The van der Waals surface area contributed by atoms with E-state index in [1.165, 1.54) is 4.90 Å². The van der Waals surface area contributed by atoms with Crippen LogP contribution < -0.4 is 5.32 Å². The number of carbonyl (C=O) groups excluding carboxylic acids is 2. The van der Waals surface area contributed by atoms with Gasteiger partial charge in [-0.2, -0.15) is 0 Å². The molecule has 1 aromatic rings. The Morgan fingerprint density at radius 1 is 1.17 bits per heavy atom. The summed E-state index contributed by atoms with van der Waals surface area (Å²) in [5.74, 6) is 0.248. The molecule has 202 valence electrons. The second-order valence-corrected chi connectivity index (χ2v) is 10.9. The number of phenols is 1. The number of benzene rings is 1. The first-order chi connectivity index (χ1) is 16.9. The first-order valence-electron chi connectivity index (χ1n) is 12.6. The van der Waals surface area contributed by atoms with Crippen LogP contribution in [0.4, 0.5) is 9.59 Å². The van der Waals surface area contributed by atoms with Crippen LogP contribution in [0.5, 0.6) is 5.75 Å². The minimum Gasteiger partial charge on any atom is -0.508 e. The maximum atomic E-state index is 12.8. The number of amides is 2. The van der Waals surface area contributed by atoms with E-state index in [9.17, 15) is 19.8 Å². The van der Waals surface area contributed by atoms with Gasteiger partial charge < -0.3 is 39.4 Å². The first kappa shape index (κ1) is 28.0. The average Bonchev–Trinajstić information content (AvgIpc) is 3.38. The number of aliphatic hydroxyl groups excluding tert-OH is 1. The number of alkyl carbamates (subject to hydrolysis) is 1. The number of hydrogen-bond acceptors (Lipinski definition) is 8. The molecule has 3 rings (SSSR count). The molecule has 5 atom stereocenters. The Morgan fingerprint density at radius 3 is 2.50 bits per heavy atom. The minimum absolute atomic E-state index is 0.00933. The fourth-order valence-electron chi connectivity index (χ4n) is 4.38. The predicted octanol–water partition coefficient (Wildman–Crippen LogP) is 3.04. The van der Waals surface area contributed by atoms with Crippen LogP contribution in [0.15, 0.2) is 24.3 Å². The van der Waals surface area contributed by atoms with Crippen LogP contribution in [-0.2, 0) is 25.4 Å². The molecule has 2 amide bonds. The van der Waals surface area contributed by atoms with E-state index in [2.05, 4.69) is 5.32 Å². The van der Waals surface area contributed by atoms with Gasteiger partial charge in [0.05, 0.1) is 37.8 Å². The van der Waals surface area contributed by atoms with Gasteiger partial charge in [0.25, 0.3) is 0 Å². The first-order valence-corrected chi connectivity index (χ1v) is 12.6. The van der Waals surface area contributed by atoms with Crippen LogP contribution >= 0.6 is 0 Å². The molecule has 0 spiro atoms. The number of rotatable bonds is 9. The molecule has 3 N–H and O–H groups in total. The lowest BCUT2D eigenvalue weighted by molar-refractivity contribution is -0.0907.